The van der Waals surface area contributed by atoms with Gasteiger partial charge in [-0.1, -0.05) is 6.58 Å². The topological polar surface area (TPSA) is 64.3 Å². The van der Waals surface area contributed by atoms with Crippen LogP contribution in [-0.4, -0.2) is 29.8 Å². The van der Waals surface area contributed by atoms with Crippen molar-refractivity contribution < 1.29 is 9.53 Å². The molecular weight excluding hydrogens is 212 g/mol. The van der Waals surface area contributed by atoms with E-state index < -0.39 is 6.04 Å². The smallest absolute Gasteiger partial charge is 0.237 e. The summed E-state index contributed by atoms with van der Waals surface area (Å²) < 4.78 is 5.26. The van der Waals surface area contributed by atoms with Crippen molar-refractivity contribution in [3.05, 3.63) is 12.8 Å². The Hall–Kier alpha value is -0.680. The van der Waals surface area contributed by atoms with E-state index in [4.69, 9.17) is 10.5 Å². The zero-order chi connectivity index (χ0) is 11.9. The van der Waals surface area contributed by atoms with Gasteiger partial charge in [0.1, 0.15) is 5.60 Å². The van der Waals surface area contributed by atoms with E-state index in [1.54, 1.807) is 0 Å². The fourth-order valence-corrected chi connectivity index (χ4v) is 1.15. The third-order valence-corrected chi connectivity index (χ3v) is 2.36. The van der Waals surface area contributed by atoms with Crippen LogP contribution in [0, 0.1) is 0 Å². The Kier molecular flexibility index (Phi) is 6.43. The molecule has 5 heteroatoms. The van der Waals surface area contributed by atoms with Gasteiger partial charge >= 0.3 is 0 Å². The highest BCUT2D eigenvalue weighted by molar-refractivity contribution is 7.80. The van der Waals surface area contributed by atoms with Crippen LogP contribution in [0.5, 0.6) is 0 Å². The number of carbonyl (C=O) groups excluding carboxylic acids is 1. The average molecular weight is 232 g/mol. The van der Waals surface area contributed by atoms with E-state index in [1.165, 1.54) is 6.26 Å². The van der Waals surface area contributed by atoms with E-state index in [9.17, 15) is 4.79 Å². The minimum absolute atomic E-state index is 0.181. The van der Waals surface area contributed by atoms with Crippen LogP contribution in [0.1, 0.15) is 20.3 Å². The number of hydrogen-bond donors (Lipinski definition) is 3. The van der Waals surface area contributed by atoms with Crippen molar-refractivity contribution in [2.24, 2.45) is 5.73 Å². The van der Waals surface area contributed by atoms with E-state index in [2.05, 4.69) is 24.5 Å². The molecule has 4 nitrogen and oxygen atoms in total. The second-order valence-electron chi connectivity index (χ2n) is 3.87. The van der Waals surface area contributed by atoms with Crippen molar-refractivity contribution in [2.45, 2.75) is 31.9 Å². The van der Waals surface area contributed by atoms with E-state index >= 15 is 0 Å². The first kappa shape index (κ1) is 14.3. The number of nitrogens with one attached hydrogen (secondary N) is 1. The van der Waals surface area contributed by atoms with Crippen LogP contribution in [0.2, 0.25) is 0 Å². The lowest BCUT2D eigenvalue weighted by molar-refractivity contribution is -0.122. The van der Waals surface area contributed by atoms with Crippen LogP contribution in [0.3, 0.4) is 0 Å². The quantitative estimate of drug-likeness (QED) is 0.447. The molecule has 1 amide bonds. The van der Waals surface area contributed by atoms with E-state index in [-0.39, 0.29) is 11.5 Å². The standard InChI is InChI=1S/C10H20N2O2S/c1-4-14-10(2,3)5-6-12-9(13)8(11)7-15/h4,8,15H,1,5-7,11H2,2-3H3,(H,12,13)/t8-/m0/s1. The molecule has 0 saturated carbocycles. The molecule has 0 aromatic carbocycles. The molecule has 0 aliphatic rings. The number of rotatable bonds is 7. The molecule has 0 aliphatic carbocycles. The second-order valence-corrected chi connectivity index (χ2v) is 4.24. The summed E-state index contributed by atoms with van der Waals surface area (Å²) in [6.45, 7) is 7.88. The van der Waals surface area contributed by atoms with Crippen LogP contribution in [0.25, 0.3) is 0 Å². The van der Waals surface area contributed by atoms with Crippen molar-refractivity contribution in [3.8, 4) is 0 Å². The fourth-order valence-electron chi connectivity index (χ4n) is 0.985. The minimum atomic E-state index is -0.545. The van der Waals surface area contributed by atoms with Crippen LogP contribution in [0.4, 0.5) is 0 Å². The molecule has 15 heavy (non-hydrogen) atoms. The zero-order valence-electron chi connectivity index (χ0n) is 9.32. The Morgan fingerprint density at radius 3 is 2.80 bits per heavy atom. The number of carbonyl (C=O) groups is 1. The summed E-state index contributed by atoms with van der Waals surface area (Å²) in [5, 5.41) is 2.72. The van der Waals surface area contributed by atoms with Crippen molar-refractivity contribution in [1.82, 2.24) is 5.32 Å². The van der Waals surface area contributed by atoms with Gasteiger partial charge in [0.05, 0.1) is 12.3 Å². The van der Waals surface area contributed by atoms with Crippen molar-refractivity contribution >= 4 is 18.5 Å². The summed E-state index contributed by atoms with van der Waals surface area (Å²) in [6.07, 6.45) is 2.10. The molecule has 88 valence electrons. The van der Waals surface area contributed by atoms with Gasteiger partial charge in [-0.05, 0) is 13.8 Å². The van der Waals surface area contributed by atoms with Gasteiger partial charge in [0, 0.05) is 18.7 Å². The molecule has 0 aromatic heterocycles. The Bertz CT molecular complexity index is 219. The summed E-state index contributed by atoms with van der Waals surface area (Å²) in [7, 11) is 0. The SMILES string of the molecule is C=COC(C)(C)CCNC(=O)[C@@H](N)CS. The van der Waals surface area contributed by atoms with Gasteiger partial charge in [-0.15, -0.1) is 0 Å². The number of nitrogens with two attached hydrogens (primary N) is 1. The van der Waals surface area contributed by atoms with Gasteiger partial charge in [-0.2, -0.15) is 12.6 Å². The van der Waals surface area contributed by atoms with Crippen molar-refractivity contribution in [1.29, 1.82) is 0 Å². The van der Waals surface area contributed by atoms with Gasteiger partial charge in [-0.3, -0.25) is 4.79 Å². The van der Waals surface area contributed by atoms with Gasteiger partial charge in [0.25, 0.3) is 0 Å². The fraction of sp³-hybridized carbons (Fsp3) is 0.700. The van der Waals surface area contributed by atoms with Crippen molar-refractivity contribution in [2.75, 3.05) is 12.3 Å². The van der Waals surface area contributed by atoms with Gasteiger partial charge < -0.3 is 15.8 Å². The Labute approximate surface area is 96.7 Å². The molecule has 0 unspecified atom stereocenters. The normalized spacial score (nSPS) is 13.1. The van der Waals surface area contributed by atoms with Gasteiger partial charge in [0.15, 0.2) is 0 Å². The lowest BCUT2D eigenvalue weighted by Gasteiger charge is -2.24. The highest BCUT2D eigenvalue weighted by atomic mass is 32.1. The summed E-state index contributed by atoms with van der Waals surface area (Å²) in [4.78, 5) is 11.3. The average Bonchev–Trinajstić information content (AvgIpc) is 2.15. The first-order valence-electron chi connectivity index (χ1n) is 4.86. The summed E-state index contributed by atoms with van der Waals surface area (Å²) in [5.74, 6) is 0.165. The maximum Gasteiger partial charge on any atom is 0.237 e. The number of hydrogen-bond acceptors (Lipinski definition) is 4. The predicted molar refractivity (Wildman–Crippen MR) is 64.8 cm³/mol. The van der Waals surface area contributed by atoms with Gasteiger partial charge in [0.2, 0.25) is 5.91 Å². The highest BCUT2D eigenvalue weighted by Crippen LogP contribution is 2.13. The molecule has 0 spiro atoms. The monoisotopic (exact) mass is 232 g/mol. The maximum atomic E-state index is 11.3. The van der Waals surface area contributed by atoms with Gasteiger partial charge in [-0.25, -0.2) is 0 Å². The first-order chi connectivity index (χ1) is 6.93. The number of ether oxygens (including phenoxy) is 1. The third kappa shape index (κ3) is 6.41. The molecule has 0 fully saturated rings. The largest absolute Gasteiger partial charge is 0.496 e. The predicted octanol–water partition coefficient (Wildman–Crippen LogP) is 0.689. The molecule has 1 atom stereocenters. The minimum Gasteiger partial charge on any atom is -0.496 e. The molecule has 0 aromatic rings. The van der Waals surface area contributed by atoms with E-state index in [0.717, 1.165) is 0 Å². The second kappa shape index (κ2) is 6.74. The number of amides is 1. The number of thiol groups is 1. The molecular formula is C10H20N2O2S. The Balaban J connectivity index is 3.78. The zero-order valence-corrected chi connectivity index (χ0v) is 10.2. The molecule has 0 saturated heterocycles. The van der Waals surface area contributed by atoms with E-state index in [1.807, 2.05) is 13.8 Å². The third-order valence-electron chi connectivity index (χ3n) is 1.96. The Morgan fingerprint density at radius 1 is 1.73 bits per heavy atom. The lowest BCUT2D eigenvalue weighted by Crippen LogP contribution is -2.43. The highest BCUT2D eigenvalue weighted by Gasteiger charge is 2.18. The molecule has 0 heterocycles. The Morgan fingerprint density at radius 2 is 2.33 bits per heavy atom. The van der Waals surface area contributed by atoms with Crippen LogP contribution in [0.15, 0.2) is 12.8 Å². The maximum absolute atomic E-state index is 11.3. The van der Waals surface area contributed by atoms with Crippen LogP contribution >= 0.6 is 12.6 Å². The lowest BCUT2D eigenvalue weighted by atomic mass is 10.1. The summed E-state index contributed by atoms with van der Waals surface area (Å²) in [5.41, 5.74) is 5.17. The molecule has 0 radical (unpaired) electrons. The van der Waals surface area contributed by atoms with E-state index in [0.29, 0.717) is 18.7 Å². The molecule has 0 aliphatic heterocycles. The van der Waals surface area contributed by atoms with Crippen molar-refractivity contribution in [3.63, 3.8) is 0 Å². The first-order valence-corrected chi connectivity index (χ1v) is 5.49. The summed E-state index contributed by atoms with van der Waals surface area (Å²) >= 11 is 3.94. The van der Waals surface area contributed by atoms with Crippen LogP contribution < -0.4 is 11.1 Å². The molecule has 0 rings (SSSR count). The summed E-state index contributed by atoms with van der Waals surface area (Å²) in [6, 6.07) is -0.545. The molecule has 0 bridgehead atoms. The molecule has 3 N–H and O–H groups in total. The van der Waals surface area contributed by atoms with Crippen LogP contribution in [-0.2, 0) is 9.53 Å².